The minimum atomic E-state index is -3.16. The highest BCUT2D eigenvalue weighted by Gasteiger charge is 2.27. The van der Waals surface area contributed by atoms with E-state index in [1.165, 1.54) is 0 Å². The lowest BCUT2D eigenvalue weighted by Gasteiger charge is -2.32. The normalized spacial score (nSPS) is 26.8. The molecule has 1 N–H and O–H groups in total. The third-order valence-electron chi connectivity index (χ3n) is 2.57. The molecule has 1 fully saturated rings. The molecule has 0 radical (unpaired) electrons. The van der Waals surface area contributed by atoms with E-state index in [0.717, 1.165) is 6.26 Å². The highest BCUT2D eigenvalue weighted by Crippen LogP contribution is 2.10. The Morgan fingerprint density at radius 1 is 1.44 bits per heavy atom. The number of sulfone groups is 1. The summed E-state index contributed by atoms with van der Waals surface area (Å²) in [7, 11) is -6.06. The molecule has 0 aromatic heterocycles. The molecule has 6 nitrogen and oxygen atoms in total. The SMILES string of the molecule is CC1CS(=O)(=O)CCN1CCNS(C)(=O)=O. The molecule has 16 heavy (non-hydrogen) atoms. The van der Waals surface area contributed by atoms with Crippen molar-refractivity contribution in [1.29, 1.82) is 0 Å². The lowest BCUT2D eigenvalue weighted by atomic mass is 10.3. The van der Waals surface area contributed by atoms with Crippen molar-refractivity contribution in [2.75, 3.05) is 37.4 Å². The highest BCUT2D eigenvalue weighted by molar-refractivity contribution is 7.91. The van der Waals surface area contributed by atoms with Crippen LogP contribution in [-0.4, -0.2) is 65.2 Å². The first kappa shape index (κ1) is 13.9. The molecule has 1 rings (SSSR count). The maximum Gasteiger partial charge on any atom is 0.208 e. The first-order valence-corrected chi connectivity index (χ1v) is 8.80. The van der Waals surface area contributed by atoms with E-state index in [4.69, 9.17) is 0 Å². The van der Waals surface area contributed by atoms with Crippen LogP contribution in [0.2, 0.25) is 0 Å². The minimum absolute atomic E-state index is 0.0416. The number of hydrogen-bond acceptors (Lipinski definition) is 5. The predicted octanol–water partition coefficient (Wildman–Crippen LogP) is -1.35. The average molecular weight is 270 g/mol. The number of hydrogen-bond donors (Lipinski definition) is 1. The van der Waals surface area contributed by atoms with Crippen LogP contribution in [0.15, 0.2) is 0 Å². The van der Waals surface area contributed by atoms with Crippen molar-refractivity contribution < 1.29 is 16.8 Å². The summed E-state index contributed by atoms with van der Waals surface area (Å²) in [5.74, 6) is 0.322. The fourth-order valence-electron chi connectivity index (χ4n) is 1.74. The zero-order chi connectivity index (χ0) is 12.4. The van der Waals surface area contributed by atoms with Crippen LogP contribution in [0, 0.1) is 0 Å². The van der Waals surface area contributed by atoms with Gasteiger partial charge in [-0.3, -0.25) is 4.90 Å². The molecule has 0 amide bonds. The second-order valence-corrected chi connectivity index (χ2v) is 8.23. The molecule has 8 heteroatoms. The summed E-state index contributed by atoms with van der Waals surface area (Å²) < 4.78 is 46.7. The summed E-state index contributed by atoms with van der Waals surface area (Å²) in [5, 5.41) is 0. The Balaban J connectivity index is 2.40. The summed E-state index contributed by atoms with van der Waals surface area (Å²) in [4.78, 5) is 1.99. The Labute approximate surface area is 97.0 Å². The zero-order valence-corrected chi connectivity index (χ0v) is 11.1. The maximum absolute atomic E-state index is 11.3. The minimum Gasteiger partial charge on any atom is -0.297 e. The summed E-state index contributed by atoms with van der Waals surface area (Å²) in [6, 6.07) is -0.0416. The Hall–Kier alpha value is -0.180. The van der Waals surface area contributed by atoms with Crippen molar-refractivity contribution in [3.8, 4) is 0 Å². The molecule has 0 spiro atoms. The van der Waals surface area contributed by atoms with Crippen molar-refractivity contribution in [3.63, 3.8) is 0 Å². The van der Waals surface area contributed by atoms with Crippen LogP contribution in [0.25, 0.3) is 0 Å². The highest BCUT2D eigenvalue weighted by atomic mass is 32.2. The molecule has 1 aliphatic heterocycles. The molecule has 1 heterocycles. The Kier molecular flexibility index (Phi) is 4.33. The van der Waals surface area contributed by atoms with E-state index < -0.39 is 19.9 Å². The molecule has 1 unspecified atom stereocenters. The molecule has 0 aromatic rings. The van der Waals surface area contributed by atoms with Gasteiger partial charge in [0.15, 0.2) is 9.84 Å². The summed E-state index contributed by atoms with van der Waals surface area (Å²) in [5.41, 5.74) is 0. The van der Waals surface area contributed by atoms with Gasteiger partial charge in [-0.1, -0.05) is 0 Å². The second kappa shape index (κ2) is 4.99. The van der Waals surface area contributed by atoms with Crippen LogP contribution in [0.3, 0.4) is 0 Å². The maximum atomic E-state index is 11.3. The molecule has 0 aromatic carbocycles. The first-order valence-electron chi connectivity index (χ1n) is 5.09. The van der Waals surface area contributed by atoms with Crippen molar-refractivity contribution in [1.82, 2.24) is 9.62 Å². The molecule has 0 aliphatic carbocycles. The van der Waals surface area contributed by atoms with E-state index in [1.807, 2.05) is 11.8 Å². The molecule has 1 atom stereocenters. The van der Waals surface area contributed by atoms with Crippen LogP contribution in [0.5, 0.6) is 0 Å². The van der Waals surface area contributed by atoms with E-state index in [9.17, 15) is 16.8 Å². The van der Waals surface area contributed by atoms with Gasteiger partial charge in [0.2, 0.25) is 10.0 Å². The molecule has 1 aliphatic rings. The summed E-state index contributed by atoms with van der Waals surface area (Å²) >= 11 is 0. The van der Waals surface area contributed by atoms with E-state index in [0.29, 0.717) is 19.6 Å². The summed E-state index contributed by atoms with van der Waals surface area (Å²) in [6.45, 7) is 3.19. The van der Waals surface area contributed by atoms with Crippen LogP contribution in [0.1, 0.15) is 6.92 Å². The van der Waals surface area contributed by atoms with Crippen molar-refractivity contribution in [2.45, 2.75) is 13.0 Å². The fourth-order valence-corrected chi connectivity index (χ4v) is 3.83. The van der Waals surface area contributed by atoms with Crippen molar-refractivity contribution >= 4 is 19.9 Å². The largest absolute Gasteiger partial charge is 0.297 e. The zero-order valence-electron chi connectivity index (χ0n) is 9.51. The van der Waals surface area contributed by atoms with Gasteiger partial charge in [-0.25, -0.2) is 21.6 Å². The molecule has 96 valence electrons. The first-order chi connectivity index (χ1) is 7.20. The van der Waals surface area contributed by atoms with Crippen molar-refractivity contribution in [2.24, 2.45) is 0 Å². The fraction of sp³-hybridized carbons (Fsp3) is 1.00. The molecule has 0 bridgehead atoms. The van der Waals surface area contributed by atoms with Gasteiger partial charge in [-0.15, -0.1) is 0 Å². The van der Waals surface area contributed by atoms with Gasteiger partial charge < -0.3 is 0 Å². The van der Waals surface area contributed by atoms with Gasteiger partial charge in [0.05, 0.1) is 17.8 Å². The second-order valence-electron chi connectivity index (χ2n) is 4.17. The smallest absolute Gasteiger partial charge is 0.208 e. The van der Waals surface area contributed by atoms with E-state index in [2.05, 4.69) is 4.72 Å². The number of sulfonamides is 1. The van der Waals surface area contributed by atoms with Crippen LogP contribution < -0.4 is 4.72 Å². The van der Waals surface area contributed by atoms with Crippen molar-refractivity contribution in [3.05, 3.63) is 0 Å². The number of rotatable bonds is 4. The van der Waals surface area contributed by atoms with E-state index in [-0.39, 0.29) is 17.5 Å². The Morgan fingerprint density at radius 2 is 2.06 bits per heavy atom. The van der Waals surface area contributed by atoms with Gasteiger partial charge in [0.1, 0.15) is 0 Å². The van der Waals surface area contributed by atoms with Gasteiger partial charge in [0, 0.05) is 25.7 Å². The molecular weight excluding hydrogens is 252 g/mol. The average Bonchev–Trinajstić information content (AvgIpc) is 2.06. The lowest BCUT2D eigenvalue weighted by Crippen LogP contribution is -2.49. The van der Waals surface area contributed by atoms with Gasteiger partial charge in [-0.2, -0.15) is 0 Å². The number of nitrogens with zero attached hydrogens (tertiary/aromatic N) is 1. The lowest BCUT2D eigenvalue weighted by molar-refractivity contribution is 0.231. The van der Waals surface area contributed by atoms with Crippen LogP contribution in [-0.2, 0) is 19.9 Å². The predicted molar refractivity (Wildman–Crippen MR) is 62.5 cm³/mol. The van der Waals surface area contributed by atoms with Crippen LogP contribution >= 0.6 is 0 Å². The quantitative estimate of drug-likeness (QED) is 0.683. The Morgan fingerprint density at radius 3 is 2.56 bits per heavy atom. The van der Waals surface area contributed by atoms with Gasteiger partial charge in [-0.05, 0) is 6.92 Å². The van der Waals surface area contributed by atoms with Gasteiger partial charge in [0.25, 0.3) is 0 Å². The monoisotopic (exact) mass is 270 g/mol. The van der Waals surface area contributed by atoms with E-state index in [1.54, 1.807) is 0 Å². The standard InChI is InChI=1S/C8H18N2O4S2/c1-8-7-16(13,14)6-5-10(8)4-3-9-15(2,11)12/h8-9H,3-7H2,1-2H3. The van der Waals surface area contributed by atoms with Crippen LogP contribution in [0.4, 0.5) is 0 Å². The third kappa shape index (κ3) is 4.77. The number of nitrogens with one attached hydrogen (secondary N) is 1. The molecular formula is C8H18N2O4S2. The Bertz CT molecular complexity index is 429. The van der Waals surface area contributed by atoms with Gasteiger partial charge >= 0.3 is 0 Å². The topological polar surface area (TPSA) is 83.6 Å². The molecule has 0 saturated carbocycles. The third-order valence-corrected chi connectivity index (χ3v) is 5.09. The summed E-state index contributed by atoms with van der Waals surface area (Å²) in [6.07, 6.45) is 1.11. The molecule has 1 saturated heterocycles. The van der Waals surface area contributed by atoms with E-state index >= 15 is 0 Å².